The smallest absolute Gasteiger partial charge is 0.410 e. The van der Waals surface area contributed by atoms with Crippen LogP contribution in [0.25, 0.3) is 0 Å². The molecule has 1 amide bonds. The Labute approximate surface area is 97.1 Å². The summed E-state index contributed by atoms with van der Waals surface area (Å²) in [5.41, 5.74) is 5.32. The van der Waals surface area contributed by atoms with Crippen molar-refractivity contribution in [2.75, 3.05) is 13.1 Å². The zero-order valence-electron chi connectivity index (χ0n) is 10.5. The molecular weight excluding hydrogens is 204 g/mol. The van der Waals surface area contributed by atoms with Gasteiger partial charge >= 0.3 is 6.09 Å². The van der Waals surface area contributed by atoms with Crippen molar-refractivity contribution in [3.8, 4) is 0 Å². The fourth-order valence-electron chi connectivity index (χ4n) is 2.95. The summed E-state index contributed by atoms with van der Waals surface area (Å²) in [7, 11) is 0. The van der Waals surface area contributed by atoms with E-state index in [4.69, 9.17) is 10.5 Å². The number of hydrogen-bond donors (Lipinski definition) is 1. The molecule has 0 aromatic carbocycles. The molecule has 2 atom stereocenters. The van der Waals surface area contributed by atoms with Crippen LogP contribution in [0.4, 0.5) is 4.79 Å². The summed E-state index contributed by atoms with van der Waals surface area (Å²) in [6.07, 6.45) is 3.10. The fourth-order valence-corrected chi connectivity index (χ4v) is 2.95. The maximum absolute atomic E-state index is 12.1. The van der Waals surface area contributed by atoms with E-state index >= 15 is 0 Å². The molecule has 1 saturated carbocycles. The lowest BCUT2D eigenvalue weighted by Crippen LogP contribution is -2.53. The molecule has 2 unspecified atom stereocenters. The number of amides is 1. The number of nitrogens with two attached hydrogens (primary N) is 1. The Hall–Kier alpha value is -0.770. The fraction of sp³-hybridized carbons (Fsp3) is 0.917. The van der Waals surface area contributed by atoms with E-state index in [1.807, 2.05) is 25.7 Å². The van der Waals surface area contributed by atoms with E-state index in [0.29, 0.717) is 12.5 Å². The third-order valence-electron chi connectivity index (χ3n) is 3.69. The average Bonchev–Trinajstić information content (AvgIpc) is 2.72. The van der Waals surface area contributed by atoms with Gasteiger partial charge in [0.2, 0.25) is 0 Å². The van der Waals surface area contributed by atoms with Gasteiger partial charge in [-0.05, 0) is 46.0 Å². The first-order valence-corrected chi connectivity index (χ1v) is 6.07. The SMILES string of the molecule is CC(C)(C)OC(=O)N1CC2CCC1(CN)C2. The largest absolute Gasteiger partial charge is 0.444 e. The van der Waals surface area contributed by atoms with Crippen molar-refractivity contribution in [2.45, 2.75) is 51.2 Å². The second-order valence-corrected chi connectivity index (χ2v) is 6.13. The number of fused-ring (bicyclic) bond motifs is 2. The van der Waals surface area contributed by atoms with Gasteiger partial charge in [0.05, 0.1) is 5.54 Å². The molecule has 1 aliphatic heterocycles. The number of piperidine rings is 1. The molecule has 0 radical (unpaired) electrons. The molecule has 2 N–H and O–H groups in total. The number of hydrogen-bond acceptors (Lipinski definition) is 3. The van der Waals surface area contributed by atoms with Gasteiger partial charge in [0.15, 0.2) is 0 Å². The zero-order chi connectivity index (χ0) is 12.0. The summed E-state index contributed by atoms with van der Waals surface area (Å²) in [4.78, 5) is 13.9. The number of nitrogens with zero attached hydrogens (tertiary/aromatic N) is 1. The summed E-state index contributed by atoms with van der Waals surface area (Å²) < 4.78 is 5.43. The number of rotatable bonds is 1. The third-order valence-corrected chi connectivity index (χ3v) is 3.69. The predicted octanol–water partition coefficient (Wildman–Crippen LogP) is 1.73. The Kier molecular flexibility index (Phi) is 2.65. The Morgan fingerprint density at radius 3 is 2.75 bits per heavy atom. The molecule has 0 aromatic heterocycles. The molecule has 1 aliphatic carbocycles. The average molecular weight is 226 g/mol. The third kappa shape index (κ3) is 1.90. The van der Waals surface area contributed by atoms with Crippen LogP contribution in [-0.4, -0.2) is 35.2 Å². The lowest BCUT2D eigenvalue weighted by molar-refractivity contribution is 0.00456. The number of carbonyl (C=O) groups is 1. The second-order valence-electron chi connectivity index (χ2n) is 6.13. The molecule has 16 heavy (non-hydrogen) atoms. The van der Waals surface area contributed by atoms with Crippen LogP contribution in [0.5, 0.6) is 0 Å². The zero-order valence-corrected chi connectivity index (χ0v) is 10.5. The number of likely N-dealkylation sites (tertiary alicyclic amines) is 1. The molecule has 4 heteroatoms. The van der Waals surface area contributed by atoms with Gasteiger partial charge in [-0.15, -0.1) is 0 Å². The van der Waals surface area contributed by atoms with Crippen molar-refractivity contribution >= 4 is 6.09 Å². The monoisotopic (exact) mass is 226 g/mol. The summed E-state index contributed by atoms with van der Waals surface area (Å²) in [5.74, 6) is 0.635. The second kappa shape index (κ2) is 3.62. The first kappa shape index (κ1) is 11.7. The van der Waals surface area contributed by atoms with Gasteiger partial charge in [0.25, 0.3) is 0 Å². The van der Waals surface area contributed by atoms with Gasteiger partial charge in [0.1, 0.15) is 5.60 Å². The van der Waals surface area contributed by atoms with E-state index in [1.54, 1.807) is 0 Å². The van der Waals surface area contributed by atoms with E-state index in [-0.39, 0.29) is 11.6 Å². The number of carbonyl (C=O) groups excluding carboxylic acids is 1. The van der Waals surface area contributed by atoms with E-state index in [0.717, 1.165) is 19.4 Å². The maximum atomic E-state index is 12.1. The summed E-state index contributed by atoms with van der Waals surface area (Å²) in [5, 5.41) is 0. The van der Waals surface area contributed by atoms with Crippen LogP contribution in [0.2, 0.25) is 0 Å². The van der Waals surface area contributed by atoms with Gasteiger partial charge < -0.3 is 15.4 Å². The quantitative estimate of drug-likeness (QED) is 0.741. The van der Waals surface area contributed by atoms with Crippen LogP contribution in [-0.2, 0) is 4.74 Å². The minimum absolute atomic E-state index is 0.104. The van der Waals surface area contributed by atoms with Crippen LogP contribution >= 0.6 is 0 Å². The van der Waals surface area contributed by atoms with Crippen LogP contribution in [0.1, 0.15) is 40.0 Å². The first-order chi connectivity index (χ1) is 7.36. The van der Waals surface area contributed by atoms with Crippen molar-refractivity contribution in [2.24, 2.45) is 11.7 Å². The minimum atomic E-state index is -0.422. The van der Waals surface area contributed by atoms with Crippen LogP contribution < -0.4 is 5.73 Å². The standard InChI is InChI=1S/C12H22N2O2/c1-11(2,3)16-10(15)14-7-9-4-5-12(14,6-9)8-13/h9H,4-8,13H2,1-3H3. The highest BCUT2D eigenvalue weighted by Crippen LogP contribution is 2.46. The minimum Gasteiger partial charge on any atom is -0.444 e. The molecular formula is C12H22N2O2. The Bertz CT molecular complexity index is 298. The van der Waals surface area contributed by atoms with E-state index in [1.165, 1.54) is 6.42 Å². The van der Waals surface area contributed by atoms with Crippen LogP contribution in [0.15, 0.2) is 0 Å². The lowest BCUT2D eigenvalue weighted by atomic mass is 9.98. The molecule has 2 bridgehead atoms. The Balaban J connectivity index is 2.08. The van der Waals surface area contributed by atoms with Crippen molar-refractivity contribution < 1.29 is 9.53 Å². The van der Waals surface area contributed by atoms with Crippen molar-refractivity contribution in [3.63, 3.8) is 0 Å². The molecule has 2 fully saturated rings. The van der Waals surface area contributed by atoms with Crippen molar-refractivity contribution in [3.05, 3.63) is 0 Å². The Morgan fingerprint density at radius 2 is 2.25 bits per heavy atom. The molecule has 0 aromatic rings. The van der Waals surface area contributed by atoms with Crippen molar-refractivity contribution in [1.29, 1.82) is 0 Å². The van der Waals surface area contributed by atoms with Gasteiger partial charge in [-0.1, -0.05) is 0 Å². The summed E-state index contributed by atoms with van der Waals surface area (Å²) in [6.45, 7) is 7.08. The molecule has 1 saturated heterocycles. The van der Waals surface area contributed by atoms with Gasteiger partial charge in [-0.3, -0.25) is 0 Å². The predicted molar refractivity (Wildman–Crippen MR) is 62.1 cm³/mol. The lowest BCUT2D eigenvalue weighted by Gasteiger charge is -2.38. The molecule has 2 rings (SSSR count). The van der Waals surface area contributed by atoms with Crippen LogP contribution in [0, 0.1) is 5.92 Å². The normalized spacial score (nSPS) is 33.2. The van der Waals surface area contributed by atoms with E-state index < -0.39 is 5.60 Å². The Morgan fingerprint density at radius 1 is 1.56 bits per heavy atom. The topological polar surface area (TPSA) is 55.6 Å². The van der Waals surface area contributed by atoms with Gasteiger partial charge in [-0.25, -0.2) is 4.79 Å². The van der Waals surface area contributed by atoms with Crippen molar-refractivity contribution in [1.82, 2.24) is 4.90 Å². The number of ether oxygens (including phenoxy) is 1. The highest BCUT2D eigenvalue weighted by molar-refractivity contribution is 5.70. The highest BCUT2D eigenvalue weighted by atomic mass is 16.6. The highest BCUT2D eigenvalue weighted by Gasteiger charge is 2.52. The van der Waals surface area contributed by atoms with E-state index in [9.17, 15) is 4.79 Å². The molecule has 92 valence electrons. The molecule has 1 heterocycles. The summed E-state index contributed by atoms with van der Waals surface area (Å²) >= 11 is 0. The maximum Gasteiger partial charge on any atom is 0.410 e. The van der Waals surface area contributed by atoms with Gasteiger partial charge in [0, 0.05) is 13.1 Å². The summed E-state index contributed by atoms with van der Waals surface area (Å²) in [6, 6.07) is 0. The molecule has 4 nitrogen and oxygen atoms in total. The van der Waals surface area contributed by atoms with Crippen LogP contribution in [0.3, 0.4) is 0 Å². The first-order valence-electron chi connectivity index (χ1n) is 6.07. The molecule has 0 spiro atoms. The molecule has 2 aliphatic rings. The van der Waals surface area contributed by atoms with E-state index in [2.05, 4.69) is 0 Å². The van der Waals surface area contributed by atoms with Gasteiger partial charge in [-0.2, -0.15) is 0 Å².